The lowest BCUT2D eigenvalue weighted by molar-refractivity contribution is 1.83. The molecule has 0 radical (unpaired) electrons. The first-order valence-corrected chi connectivity index (χ1v) is 4.78. The number of rotatable bonds is 0. The Morgan fingerprint density at radius 2 is 1.36 bits per heavy atom. The van der Waals surface area contributed by atoms with E-state index < -0.39 is 0 Å². The summed E-state index contributed by atoms with van der Waals surface area (Å²) < 4.78 is 0. The maximum absolute atomic E-state index is 5.82. The van der Waals surface area contributed by atoms with Crippen molar-refractivity contribution in [1.29, 1.82) is 0 Å². The van der Waals surface area contributed by atoms with Crippen molar-refractivity contribution in [3.8, 4) is 0 Å². The Morgan fingerprint density at radius 3 is 1.82 bits per heavy atom. The number of benzene rings is 1. The lowest BCUT2D eigenvalue weighted by Crippen LogP contribution is -1.67. The standard InChI is InChI=1S/C8H4Cl2S/c9-7-1-5-3-11-4-6(5)2-8(7)10/h1-4H. The van der Waals surface area contributed by atoms with Crippen molar-refractivity contribution in [3.05, 3.63) is 32.9 Å². The molecular formula is C8H4Cl2S. The molecule has 0 fully saturated rings. The van der Waals surface area contributed by atoms with Gasteiger partial charge in [-0.15, -0.1) is 0 Å². The largest absolute Gasteiger partial charge is 0.151 e. The summed E-state index contributed by atoms with van der Waals surface area (Å²) in [5.41, 5.74) is 0. The minimum absolute atomic E-state index is 0.623. The number of hydrogen-bond acceptors (Lipinski definition) is 1. The molecule has 0 N–H and O–H groups in total. The third kappa shape index (κ3) is 1.24. The molecule has 0 aliphatic rings. The van der Waals surface area contributed by atoms with Gasteiger partial charge in [0.15, 0.2) is 0 Å². The van der Waals surface area contributed by atoms with Crippen LogP contribution in [0.1, 0.15) is 0 Å². The fraction of sp³-hybridized carbons (Fsp3) is 0. The van der Waals surface area contributed by atoms with Gasteiger partial charge in [-0.1, -0.05) is 23.2 Å². The van der Waals surface area contributed by atoms with E-state index in [1.54, 1.807) is 11.3 Å². The molecule has 0 aliphatic heterocycles. The zero-order valence-electron chi connectivity index (χ0n) is 5.47. The van der Waals surface area contributed by atoms with Crippen LogP contribution >= 0.6 is 34.5 Å². The van der Waals surface area contributed by atoms with Crippen LogP contribution in [0.4, 0.5) is 0 Å². The highest BCUT2D eigenvalue weighted by atomic mass is 35.5. The van der Waals surface area contributed by atoms with E-state index in [1.807, 2.05) is 12.1 Å². The highest BCUT2D eigenvalue weighted by Crippen LogP contribution is 2.29. The number of fused-ring (bicyclic) bond motifs is 1. The van der Waals surface area contributed by atoms with Crippen LogP contribution in [-0.2, 0) is 0 Å². The summed E-state index contributed by atoms with van der Waals surface area (Å²) in [5.74, 6) is 0. The first-order valence-electron chi connectivity index (χ1n) is 3.08. The molecule has 0 unspecified atom stereocenters. The van der Waals surface area contributed by atoms with Gasteiger partial charge in [-0.25, -0.2) is 0 Å². The summed E-state index contributed by atoms with van der Waals surface area (Å²) in [6.07, 6.45) is 0. The van der Waals surface area contributed by atoms with Crippen molar-refractivity contribution in [3.63, 3.8) is 0 Å². The maximum Gasteiger partial charge on any atom is 0.0598 e. The molecule has 1 aromatic heterocycles. The molecule has 3 heteroatoms. The Balaban J connectivity index is 2.86. The zero-order chi connectivity index (χ0) is 7.84. The van der Waals surface area contributed by atoms with Crippen molar-refractivity contribution in [2.24, 2.45) is 0 Å². The van der Waals surface area contributed by atoms with E-state index >= 15 is 0 Å². The molecule has 56 valence electrons. The lowest BCUT2D eigenvalue weighted by atomic mass is 10.2. The number of thiophene rings is 1. The predicted molar refractivity (Wildman–Crippen MR) is 51.8 cm³/mol. The fourth-order valence-electron chi connectivity index (χ4n) is 0.962. The minimum atomic E-state index is 0.623. The predicted octanol–water partition coefficient (Wildman–Crippen LogP) is 4.21. The van der Waals surface area contributed by atoms with Crippen molar-refractivity contribution >= 4 is 45.3 Å². The monoisotopic (exact) mass is 202 g/mol. The summed E-state index contributed by atoms with van der Waals surface area (Å²) in [5, 5.41) is 7.67. The van der Waals surface area contributed by atoms with E-state index in [9.17, 15) is 0 Å². The van der Waals surface area contributed by atoms with Crippen LogP contribution < -0.4 is 0 Å². The van der Waals surface area contributed by atoms with E-state index in [4.69, 9.17) is 23.2 Å². The van der Waals surface area contributed by atoms with Gasteiger partial charge < -0.3 is 0 Å². The Hall–Kier alpha value is -0.240. The molecule has 1 aromatic carbocycles. The van der Waals surface area contributed by atoms with Crippen LogP contribution in [-0.4, -0.2) is 0 Å². The number of halogens is 2. The van der Waals surface area contributed by atoms with Crippen molar-refractivity contribution in [2.75, 3.05) is 0 Å². The Kier molecular flexibility index (Phi) is 1.80. The summed E-state index contributed by atoms with van der Waals surface area (Å²) in [7, 11) is 0. The van der Waals surface area contributed by atoms with Crippen LogP contribution in [0.5, 0.6) is 0 Å². The summed E-state index contributed by atoms with van der Waals surface area (Å²) >= 11 is 13.3. The van der Waals surface area contributed by atoms with Gasteiger partial charge in [-0.3, -0.25) is 0 Å². The topological polar surface area (TPSA) is 0 Å². The third-order valence-electron chi connectivity index (χ3n) is 1.52. The molecule has 11 heavy (non-hydrogen) atoms. The van der Waals surface area contributed by atoms with Crippen molar-refractivity contribution in [2.45, 2.75) is 0 Å². The van der Waals surface area contributed by atoms with Gasteiger partial charge in [0.05, 0.1) is 10.0 Å². The molecule has 0 saturated heterocycles. The lowest BCUT2D eigenvalue weighted by Gasteiger charge is -1.94. The molecule has 2 aromatic rings. The molecule has 0 bridgehead atoms. The van der Waals surface area contributed by atoms with Gasteiger partial charge in [0, 0.05) is 0 Å². The molecule has 0 spiro atoms. The highest BCUT2D eigenvalue weighted by molar-refractivity contribution is 7.09. The average molecular weight is 203 g/mol. The SMILES string of the molecule is Clc1cc2cscc2cc1Cl. The second kappa shape index (κ2) is 2.67. The highest BCUT2D eigenvalue weighted by Gasteiger charge is 2.00. The van der Waals surface area contributed by atoms with Crippen molar-refractivity contribution < 1.29 is 0 Å². The Labute approximate surface area is 78.4 Å². The van der Waals surface area contributed by atoms with Gasteiger partial charge in [-0.2, -0.15) is 11.3 Å². The molecular weight excluding hydrogens is 199 g/mol. The van der Waals surface area contributed by atoms with Crippen LogP contribution in [0.25, 0.3) is 10.8 Å². The van der Waals surface area contributed by atoms with E-state index in [0.717, 1.165) is 10.8 Å². The van der Waals surface area contributed by atoms with Gasteiger partial charge in [0.2, 0.25) is 0 Å². The molecule has 0 aliphatic carbocycles. The molecule has 2 rings (SSSR count). The molecule has 0 amide bonds. The van der Waals surface area contributed by atoms with E-state index in [-0.39, 0.29) is 0 Å². The van der Waals surface area contributed by atoms with Crippen LogP contribution in [0, 0.1) is 0 Å². The molecule has 0 saturated carbocycles. The van der Waals surface area contributed by atoms with E-state index in [2.05, 4.69) is 10.8 Å². The second-order valence-corrected chi connectivity index (χ2v) is 3.82. The Bertz CT molecular complexity index is 356. The van der Waals surface area contributed by atoms with Crippen LogP contribution in [0.15, 0.2) is 22.9 Å². The van der Waals surface area contributed by atoms with Crippen LogP contribution in [0.3, 0.4) is 0 Å². The minimum Gasteiger partial charge on any atom is -0.151 e. The Morgan fingerprint density at radius 1 is 0.909 bits per heavy atom. The maximum atomic E-state index is 5.82. The fourth-order valence-corrected chi connectivity index (χ4v) is 2.08. The normalized spacial score (nSPS) is 10.7. The third-order valence-corrected chi connectivity index (χ3v) is 3.02. The van der Waals surface area contributed by atoms with Gasteiger partial charge in [-0.05, 0) is 33.7 Å². The molecule has 1 heterocycles. The summed E-state index contributed by atoms with van der Waals surface area (Å²) in [4.78, 5) is 0. The smallest absolute Gasteiger partial charge is 0.0598 e. The van der Waals surface area contributed by atoms with Gasteiger partial charge >= 0.3 is 0 Å². The van der Waals surface area contributed by atoms with Crippen LogP contribution in [0.2, 0.25) is 10.0 Å². The quantitative estimate of drug-likeness (QED) is 0.601. The first-order chi connectivity index (χ1) is 5.27. The summed E-state index contributed by atoms with van der Waals surface area (Å²) in [6, 6.07) is 3.77. The first kappa shape index (κ1) is 7.41. The van der Waals surface area contributed by atoms with Crippen molar-refractivity contribution in [1.82, 2.24) is 0 Å². The second-order valence-electron chi connectivity index (χ2n) is 2.27. The average Bonchev–Trinajstić information content (AvgIpc) is 2.36. The van der Waals surface area contributed by atoms with Gasteiger partial charge in [0.1, 0.15) is 0 Å². The number of hydrogen-bond donors (Lipinski definition) is 0. The molecule has 0 nitrogen and oxygen atoms in total. The van der Waals surface area contributed by atoms with Gasteiger partial charge in [0.25, 0.3) is 0 Å². The molecule has 0 atom stereocenters. The van der Waals surface area contributed by atoms with E-state index in [0.29, 0.717) is 10.0 Å². The summed E-state index contributed by atoms with van der Waals surface area (Å²) in [6.45, 7) is 0. The van der Waals surface area contributed by atoms with E-state index in [1.165, 1.54) is 0 Å². The zero-order valence-corrected chi connectivity index (χ0v) is 7.80.